The number of aromatic nitrogens is 3. The van der Waals surface area contributed by atoms with Gasteiger partial charge >= 0.3 is 0 Å². The second-order valence-corrected chi connectivity index (χ2v) is 9.36. The monoisotopic (exact) mass is 448 g/mol. The molecule has 0 aliphatic heterocycles. The van der Waals surface area contributed by atoms with Crippen molar-refractivity contribution in [3.05, 3.63) is 47.8 Å². The summed E-state index contributed by atoms with van der Waals surface area (Å²) in [7, 11) is 0. The first-order valence-corrected chi connectivity index (χ1v) is 11.6. The molecule has 1 saturated carbocycles. The zero-order valence-electron chi connectivity index (χ0n) is 17.5. The van der Waals surface area contributed by atoms with Crippen LogP contribution < -0.4 is 10.1 Å². The van der Waals surface area contributed by atoms with Crippen molar-refractivity contribution in [1.29, 1.82) is 0 Å². The molecule has 1 amide bonds. The summed E-state index contributed by atoms with van der Waals surface area (Å²) < 4.78 is 7.78. The molecule has 2 aromatic rings. The molecular weight excluding hydrogens is 420 g/mol. The van der Waals surface area contributed by atoms with Gasteiger partial charge in [0.15, 0.2) is 11.0 Å². The van der Waals surface area contributed by atoms with E-state index in [0.717, 1.165) is 12.8 Å². The average molecular weight is 449 g/mol. The van der Waals surface area contributed by atoms with Crippen molar-refractivity contribution in [3.63, 3.8) is 0 Å². The van der Waals surface area contributed by atoms with Gasteiger partial charge in [-0.2, -0.15) is 0 Å². The van der Waals surface area contributed by atoms with E-state index < -0.39 is 0 Å². The maximum absolute atomic E-state index is 12.9. The number of hydrogen-bond donors (Lipinski definition) is 1. The minimum Gasteiger partial charge on any atom is -0.486 e. The summed E-state index contributed by atoms with van der Waals surface area (Å²) in [5.74, 6) is 1.64. The van der Waals surface area contributed by atoms with Gasteiger partial charge in [0.1, 0.15) is 12.4 Å². The van der Waals surface area contributed by atoms with Crippen molar-refractivity contribution in [2.45, 2.75) is 69.1 Å². The lowest BCUT2D eigenvalue weighted by Crippen LogP contribution is -2.41. The van der Waals surface area contributed by atoms with Gasteiger partial charge in [-0.05, 0) is 43.0 Å². The number of nitrogens with zero attached hydrogens (tertiary/aromatic N) is 3. The van der Waals surface area contributed by atoms with Crippen molar-refractivity contribution in [2.24, 2.45) is 5.92 Å². The predicted octanol–water partition coefficient (Wildman–Crippen LogP) is 4.87. The number of allylic oxidation sites excluding steroid dienone is 1. The summed E-state index contributed by atoms with van der Waals surface area (Å²) >= 11 is 7.38. The largest absolute Gasteiger partial charge is 0.486 e. The summed E-state index contributed by atoms with van der Waals surface area (Å²) in [6.45, 7) is 8.78. The molecule has 1 fully saturated rings. The third-order valence-corrected chi connectivity index (χ3v) is 6.86. The molecule has 0 radical (unpaired) electrons. The summed E-state index contributed by atoms with van der Waals surface area (Å²) in [6, 6.07) is 7.49. The highest BCUT2D eigenvalue weighted by molar-refractivity contribution is 8.00. The second kappa shape index (κ2) is 10.9. The van der Waals surface area contributed by atoms with Gasteiger partial charge in [0.05, 0.1) is 5.25 Å². The van der Waals surface area contributed by atoms with Gasteiger partial charge in [0.2, 0.25) is 5.91 Å². The standard InChI is InChI=1S/C22H29ClN4O2S/c1-4-13-27-19(14-29-18-11-9-16(23)10-12-18)25-26-22(27)30-20(15(2)3)21(28)24-17-7-5-6-8-17/h4,9-12,15,17,20H,1,5-8,13-14H2,2-3H3,(H,24,28). The van der Waals surface area contributed by atoms with Crippen molar-refractivity contribution in [3.8, 4) is 5.75 Å². The first-order chi connectivity index (χ1) is 14.5. The third kappa shape index (κ3) is 6.01. The molecule has 1 aliphatic carbocycles. The molecular formula is C22H29ClN4O2S. The van der Waals surface area contributed by atoms with Crippen LogP contribution in [0.25, 0.3) is 0 Å². The molecule has 162 valence electrons. The normalized spacial score (nSPS) is 15.3. The van der Waals surface area contributed by atoms with Crippen molar-refractivity contribution in [2.75, 3.05) is 0 Å². The Kier molecular flexibility index (Phi) is 8.22. The maximum Gasteiger partial charge on any atom is 0.234 e. The number of carbonyl (C=O) groups is 1. The van der Waals surface area contributed by atoms with Gasteiger partial charge in [0, 0.05) is 17.6 Å². The van der Waals surface area contributed by atoms with Gasteiger partial charge in [-0.1, -0.05) is 56.1 Å². The SMILES string of the molecule is C=CCn1c(COc2ccc(Cl)cc2)nnc1SC(C(=O)NC1CCCC1)C(C)C. The number of halogens is 1. The zero-order chi connectivity index (χ0) is 21.5. The molecule has 0 saturated heterocycles. The molecule has 3 rings (SSSR count). The smallest absolute Gasteiger partial charge is 0.234 e. The van der Waals surface area contributed by atoms with Gasteiger partial charge in [-0.15, -0.1) is 16.8 Å². The Balaban J connectivity index is 1.70. The molecule has 1 N–H and O–H groups in total. The molecule has 1 atom stereocenters. The van der Waals surface area contributed by atoms with E-state index in [0.29, 0.717) is 34.3 Å². The highest BCUT2D eigenvalue weighted by atomic mass is 35.5. The Morgan fingerprint density at radius 2 is 2.03 bits per heavy atom. The first kappa shape index (κ1) is 22.7. The summed E-state index contributed by atoms with van der Waals surface area (Å²) in [5, 5.41) is 13.0. The van der Waals surface area contributed by atoms with Crippen molar-refractivity contribution >= 4 is 29.3 Å². The van der Waals surface area contributed by atoms with Crippen LogP contribution >= 0.6 is 23.4 Å². The molecule has 8 heteroatoms. The van der Waals surface area contributed by atoms with Crippen LogP contribution in [0.5, 0.6) is 5.75 Å². The third-order valence-electron chi connectivity index (χ3n) is 5.08. The molecule has 1 aliphatic rings. The summed E-state index contributed by atoms with van der Waals surface area (Å²) in [5.41, 5.74) is 0. The van der Waals surface area contributed by atoms with Crippen molar-refractivity contribution < 1.29 is 9.53 Å². The molecule has 1 unspecified atom stereocenters. The van der Waals surface area contributed by atoms with Gasteiger partial charge in [-0.3, -0.25) is 9.36 Å². The highest BCUT2D eigenvalue weighted by Gasteiger charge is 2.29. The van der Waals surface area contributed by atoms with Crippen LogP contribution in [0.1, 0.15) is 45.4 Å². The molecule has 0 bridgehead atoms. The molecule has 6 nitrogen and oxygen atoms in total. The van der Waals surface area contributed by atoms with Crippen molar-refractivity contribution in [1.82, 2.24) is 20.1 Å². The number of hydrogen-bond acceptors (Lipinski definition) is 5. The minimum atomic E-state index is -0.233. The van der Waals surface area contributed by atoms with Crippen LogP contribution in [-0.4, -0.2) is 32.0 Å². The number of nitrogens with one attached hydrogen (secondary N) is 1. The van der Waals surface area contributed by atoms with Gasteiger partial charge < -0.3 is 10.1 Å². The Morgan fingerprint density at radius 3 is 2.67 bits per heavy atom. The van der Waals surface area contributed by atoms with Crippen LogP contribution in [0.2, 0.25) is 5.02 Å². The number of carbonyl (C=O) groups excluding carboxylic acids is 1. The minimum absolute atomic E-state index is 0.0778. The van der Waals surface area contributed by atoms with E-state index >= 15 is 0 Å². The van der Waals surface area contributed by atoms with Gasteiger partial charge in [-0.25, -0.2) is 0 Å². The number of amides is 1. The maximum atomic E-state index is 12.9. The van der Waals surface area contributed by atoms with Crippen LogP contribution in [0.3, 0.4) is 0 Å². The lowest BCUT2D eigenvalue weighted by molar-refractivity contribution is -0.121. The van der Waals surface area contributed by atoms with E-state index in [2.05, 4.69) is 35.9 Å². The summed E-state index contributed by atoms with van der Waals surface area (Å²) in [4.78, 5) is 12.9. The molecule has 1 aromatic carbocycles. The topological polar surface area (TPSA) is 69.0 Å². The van der Waals surface area contributed by atoms with E-state index in [1.54, 1.807) is 18.2 Å². The lowest BCUT2D eigenvalue weighted by atomic mass is 10.1. The lowest BCUT2D eigenvalue weighted by Gasteiger charge is -2.22. The fraction of sp³-hybridized carbons (Fsp3) is 0.500. The fourth-order valence-electron chi connectivity index (χ4n) is 3.46. The Hall–Kier alpha value is -1.99. The van der Waals surface area contributed by atoms with E-state index in [1.165, 1.54) is 24.6 Å². The van der Waals surface area contributed by atoms with Crippen LogP contribution in [0.15, 0.2) is 42.1 Å². The van der Waals surface area contributed by atoms with E-state index in [9.17, 15) is 4.79 Å². The second-order valence-electron chi connectivity index (χ2n) is 7.81. The molecule has 1 heterocycles. The number of rotatable bonds is 10. The van der Waals surface area contributed by atoms with Crippen LogP contribution in [0, 0.1) is 5.92 Å². The van der Waals surface area contributed by atoms with Crippen LogP contribution in [0.4, 0.5) is 0 Å². The zero-order valence-corrected chi connectivity index (χ0v) is 19.1. The van der Waals surface area contributed by atoms with E-state index in [4.69, 9.17) is 16.3 Å². The van der Waals surface area contributed by atoms with E-state index in [-0.39, 0.29) is 23.7 Å². The average Bonchev–Trinajstić information content (AvgIpc) is 3.36. The Bertz CT molecular complexity index is 847. The van der Waals surface area contributed by atoms with Gasteiger partial charge in [0.25, 0.3) is 0 Å². The Labute approximate surface area is 187 Å². The molecule has 1 aromatic heterocycles. The van der Waals surface area contributed by atoms with E-state index in [1.807, 2.05) is 16.7 Å². The fourth-order valence-corrected chi connectivity index (χ4v) is 4.66. The number of ether oxygens (including phenoxy) is 1. The Morgan fingerprint density at radius 1 is 1.33 bits per heavy atom. The molecule has 0 spiro atoms. The molecule has 30 heavy (non-hydrogen) atoms. The number of benzene rings is 1. The summed E-state index contributed by atoms with van der Waals surface area (Å²) in [6.07, 6.45) is 6.31. The highest BCUT2D eigenvalue weighted by Crippen LogP contribution is 2.29. The predicted molar refractivity (Wildman–Crippen MR) is 121 cm³/mol. The first-order valence-electron chi connectivity index (χ1n) is 10.4. The quantitative estimate of drug-likeness (QED) is 0.414. The number of thioether (sulfide) groups is 1. The van der Waals surface area contributed by atoms with Crippen LogP contribution in [-0.2, 0) is 17.9 Å².